The molecule has 1 fully saturated rings. The molecule has 1 heterocycles. The topological polar surface area (TPSA) is 29.5 Å². The zero-order chi connectivity index (χ0) is 24.5. The van der Waals surface area contributed by atoms with E-state index in [0.29, 0.717) is 21.3 Å². The van der Waals surface area contributed by atoms with Gasteiger partial charge < -0.3 is 4.74 Å². The van der Waals surface area contributed by atoms with Crippen molar-refractivity contribution < 1.29 is 27.1 Å². The largest absolute Gasteiger partial charge is 0.488 e. The molecule has 3 aromatic carbocycles. The van der Waals surface area contributed by atoms with Gasteiger partial charge >= 0.3 is 6.18 Å². The van der Waals surface area contributed by atoms with Gasteiger partial charge in [-0.3, -0.25) is 9.69 Å². The molecular weight excluding hydrogens is 554 g/mol. The van der Waals surface area contributed by atoms with Crippen LogP contribution in [-0.2, 0) is 17.6 Å². The molecule has 0 bridgehead atoms. The molecule has 0 aliphatic carbocycles. The summed E-state index contributed by atoms with van der Waals surface area (Å²) in [6.45, 7) is -0.0274. The van der Waals surface area contributed by atoms with Crippen LogP contribution < -0.4 is 9.64 Å². The maximum atomic E-state index is 13.9. The third-order valence-corrected chi connectivity index (χ3v) is 6.62. The molecule has 0 unspecified atom stereocenters. The number of hydrogen-bond acceptors (Lipinski definition) is 4. The highest BCUT2D eigenvalue weighted by atomic mass is 79.9. The first kappa shape index (κ1) is 24.4. The number of anilines is 1. The average Bonchev–Trinajstić information content (AvgIpc) is 3.06. The number of alkyl halides is 3. The Labute approximate surface area is 210 Å². The van der Waals surface area contributed by atoms with Crippen molar-refractivity contribution in [2.45, 2.75) is 12.8 Å². The highest BCUT2D eigenvalue weighted by molar-refractivity contribution is 9.10. The van der Waals surface area contributed by atoms with Crippen LogP contribution in [-0.4, -0.2) is 10.2 Å². The van der Waals surface area contributed by atoms with Gasteiger partial charge in [-0.1, -0.05) is 64.2 Å². The Morgan fingerprint density at radius 2 is 1.82 bits per heavy atom. The number of benzene rings is 3. The number of hydrogen-bond donors (Lipinski definition) is 0. The van der Waals surface area contributed by atoms with Gasteiger partial charge in [0, 0.05) is 15.6 Å². The summed E-state index contributed by atoms with van der Waals surface area (Å²) >= 11 is 9.63. The number of nitrogens with zero attached hydrogens (tertiary/aromatic N) is 1. The first-order valence-corrected chi connectivity index (χ1v) is 11.8. The second kappa shape index (κ2) is 9.89. The quantitative estimate of drug-likeness (QED) is 0.180. The van der Waals surface area contributed by atoms with E-state index in [1.54, 1.807) is 42.5 Å². The maximum absolute atomic E-state index is 13.9. The molecule has 1 saturated heterocycles. The summed E-state index contributed by atoms with van der Waals surface area (Å²) in [4.78, 5) is 14.4. The van der Waals surface area contributed by atoms with Crippen molar-refractivity contribution in [1.29, 1.82) is 0 Å². The fourth-order valence-electron chi connectivity index (χ4n) is 3.19. The monoisotopic (exact) mass is 567 g/mol. The van der Waals surface area contributed by atoms with Gasteiger partial charge in [-0.15, -0.1) is 0 Å². The molecule has 34 heavy (non-hydrogen) atoms. The Bertz CT molecular complexity index is 1310. The van der Waals surface area contributed by atoms with Crippen LogP contribution >= 0.6 is 39.9 Å². The summed E-state index contributed by atoms with van der Waals surface area (Å²) in [5.41, 5.74) is 0.0485. The highest BCUT2D eigenvalue weighted by Gasteiger charge is 2.36. The van der Waals surface area contributed by atoms with Crippen molar-refractivity contribution in [1.82, 2.24) is 0 Å². The normalized spacial score (nSPS) is 15.3. The SMILES string of the molecule is O=C1/C(=C\c2cc(Br)ccc2OCc2ccccc2F)SC(=S)N1c1cccc(C(F)(F)F)c1. The molecule has 1 aliphatic rings. The molecule has 3 aromatic rings. The molecule has 0 aromatic heterocycles. The number of thioether (sulfide) groups is 1. The van der Waals surface area contributed by atoms with Crippen molar-refractivity contribution >= 4 is 61.9 Å². The standard InChI is InChI=1S/C24H14BrF4NO2S2/c25-17-8-9-20(32-13-14-4-1-2-7-19(14)26)15(10-17)11-21-22(31)30(23(33)34-21)18-6-3-5-16(12-18)24(27,28)29/h1-12H,13H2/b21-11+. The Kier molecular flexibility index (Phi) is 7.11. The van der Waals surface area contributed by atoms with Crippen molar-refractivity contribution in [3.8, 4) is 5.75 Å². The third-order valence-electron chi connectivity index (χ3n) is 4.82. The second-order valence-corrected chi connectivity index (χ2v) is 9.72. The van der Waals surface area contributed by atoms with E-state index in [1.807, 2.05) is 0 Å². The Morgan fingerprint density at radius 3 is 2.56 bits per heavy atom. The molecule has 174 valence electrons. The van der Waals surface area contributed by atoms with Gasteiger partial charge in [0.2, 0.25) is 0 Å². The molecule has 0 atom stereocenters. The maximum Gasteiger partial charge on any atom is 0.416 e. The summed E-state index contributed by atoms with van der Waals surface area (Å²) in [6.07, 6.45) is -3.00. The van der Waals surface area contributed by atoms with E-state index in [1.165, 1.54) is 18.2 Å². The van der Waals surface area contributed by atoms with E-state index < -0.39 is 23.5 Å². The minimum atomic E-state index is -4.55. The average molecular weight is 568 g/mol. The number of halogens is 5. The number of amides is 1. The Hall–Kier alpha value is -2.69. The smallest absolute Gasteiger partial charge is 0.416 e. The second-order valence-electron chi connectivity index (χ2n) is 7.13. The van der Waals surface area contributed by atoms with E-state index in [2.05, 4.69) is 15.9 Å². The van der Waals surface area contributed by atoms with Gasteiger partial charge in [-0.25, -0.2) is 4.39 Å². The van der Waals surface area contributed by atoms with Gasteiger partial charge in [0.1, 0.15) is 18.2 Å². The van der Waals surface area contributed by atoms with Gasteiger partial charge in [0.15, 0.2) is 4.32 Å². The zero-order valence-corrected chi connectivity index (χ0v) is 20.3. The first-order valence-electron chi connectivity index (χ1n) is 9.74. The predicted molar refractivity (Wildman–Crippen MR) is 132 cm³/mol. The van der Waals surface area contributed by atoms with Crippen molar-refractivity contribution in [3.05, 3.63) is 98.6 Å². The van der Waals surface area contributed by atoms with E-state index in [4.69, 9.17) is 17.0 Å². The van der Waals surface area contributed by atoms with Crippen molar-refractivity contribution in [2.75, 3.05) is 4.90 Å². The van der Waals surface area contributed by atoms with Crippen LogP contribution in [0.5, 0.6) is 5.75 Å². The lowest BCUT2D eigenvalue weighted by molar-refractivity contribution is -0.137. The van der Waals surface area contributed by atoms with E-state index in [-0.39, 0.29) is 21.5 Å². The molecule has 4 rings (SSSR count). The van der Waals surface area contributed by atoms with Gasteiger partial charge in [-0.2, -0.15) is 13.2 Å². The Morgan fingerprint density at radius 1 is 1.06 bits per heavy atom. The summed E-state index contributed by atoms with van der Waals surface area (Å²) < 4.78 is 59.9. The van der Waals surface area contributed by atoms with Crippen LogP contribution in [0.3, 0.4) is 0 Å². The molecule has 0 radical (unpaired) electrons. The number of thiocarbonyl (C=S) groups is 1. The lowest BCUT2D eigenvalue weighted by Crippen LogP contribution is -2.27. The van der Waals surface area contributed by atoms with Crippen LogP contribution in [0, 0.1) is 5.82 Å². The molecular formula is C24H14BrF4NO2S2. The minimum Gasteiger partial charge on any atom is -0.488 e. The molecule has 1 amide bonds. The third kappa shape index (κ3) is 5.34. The summed E-state index contributed by atoms with van der Waals surface area (Å²) in [6, 6.07) is 15.8. The van der Waals surface area contributed by atoms with E-state index >= 15 is 0 Å². The number of ether oxygens (including phenoxy) is 1. The van der Waals surface area contributed by atoms with Gasteiger partial charge in [-0.05, 0) is 48.5 Å². The summed E-state index contributed by atoms with van der Waals surface area (Å²) in [7, 11) is 0. The number of carbonyl (C=O) groups is 1. The molecule has 10 heteroatoms. The summed E-state index contributed by atoms with van der Waals surface area (Å²) in [5, 5.41) is 0. The fourth-order valence-corrected chi connectivity index (χ4v) is 4.86. The molecule has 0 spiro atoms. The van der Waals surface area contributed by atoms with Crippen LogP contribution in [0.4, 0.5) is 23.2 Å². The first-order chi connectivity index (χ1) is 16.1. The van der Waals surface area contributed by atoms with E-state index in [0.717, 1.165) is 28.8 Å². The predicted octanol–water partition coefficient (Wildman–Crippen LogP) is 7.59. The van der Waals surface area contributed by atoms with Crippen molar-refractivity contribution in [2.24, 2.45) is 0 Å². The molecule has 0 N–H and O–H groups in total. The zero-order valence-electron chi connectivity index (χ0n) is 17.1. The van der Waals surface area contributed by atoms with Crippen LogP contribution in [0.15, 0.2) is 76.1 Å². The van der Waals surface area contributed by atoms with Crippen LogP contribution in [0.2, 0.25) is 0 Å². The highest BCUT2D eigenvalue weighted by Crippen LogP contribution is 2.39. The summed E-state index contributed by atoms with van der Waals surface area (Å²) in [5.74, 6) is -0.548. The van der Waals surface area contributed by atoms with Gasteiger partial charge in [0.25, 0.3) is 5.91 Å². The fraction of sp³-hybridized carbons (Fsp3) is 0.0833. The van der Waals surface area contributed by atoms with Gasteiger partial charge in [0.05, 0.1) is 16.2 Å². The minimum absolute atomic E-state index is 0.0274. The molecule has 1 aliphatic heterocycles. The lowest BCUT2D eigenvalue weighted by Gasteiger charge is -2.16. The molecule has 0 saturated carbocycles. The van der Waals surface area contributed by atoms with Crippen LogP contribution in [0.1, 0.15) is 16.7 Å². The van der Waals surface area contributed by atoms with E-state index in [9.17, 15) is 22.4 Å². The number of rotatable bonds is 5. The molecule has 3 nitrogen and oxygen atoms in total. The number of carbonyl (C=O) groups excluding carboxylic acids is 1. The lowest BCUT2D eigenvalue weighted by atomic mass is 10.1. The Balaban J connectivity index is 1.62. The van der Waals surface area contributed by atoms with Crippen molar-refractivity contribution in [3.63, 3.8) is 0 Å². The van der Waals surface area contributed by atoms with Crippen LogP contribution in [0.25, 0.3) is 6.08 Å².